The highest BCUT2D eigenvalue weighted by molar-refractivity contribution is 5.74. The molecule has 0 bridgehead atoms. The number of aromatic nitrogens is 4. The lowest BCUT2D eigenvalue weighted by Gasteiger charge is -1.81. The van der Waals surface area contributed by atoms with Gasteiger partial charge in [0.2, 0.25) is 0 Å². The number of carbonyl (C=O) groups is 1. The molecule has 0 saturated carbocycles. The van der Waals surface area contributed by atoms with Gasteiger partial charge < -0.3 is 0 Å². The number of H-pyrrole nitrogens is 1. The van der Waals surface area contributed by atoms with Gasteiger partial charge in [-0.25, -0.2) is 0 Å². The van der Waals surface area contributed by atoms with E-state index in [1.54, 1.807) is 12.1 Å². The summed E-state index contributed by atoms with van der Waals surface area (Å²) in [5.74, 6) is 0. The molecular formula is C8H8N4O. The van der Waals surface area contributed by atoms with Gasteiger partial charge in [-0.05, 0) is 0 Å². The maximum Gasteiger partial charge on any atom is 0.161 e. The lowest BCUT2D eigenvalue weighted by Crippen LogP contribution is -1.73. The van der Waals surface area contributed by atoms with Gasteiger partial charge >= 0.3 is 0 Å². The molecule has 0 atom stereocenters. The topological polar surface area (TPSA) is 71.5 Å². The van der Waals surface area contributed by atoms with E-state index in [2.05, 4.69) is 20.6 Å². The van der Waals surface area contributed by atoms with E-state index in [-0.39, 0.29) is 0 Å². The second-order valence-electron chi connectivity index (χ2n) is 2.09. The van der Waals surface area contributed by atoms with Gasteiger partial charge in [0.15, 0.2) is 6.33 Å². The summed E-state index contributed by atoms with van der Waals surface area (Å²) >= 11 is 0. The fourth-order valence-electron chi connectivity index (χ4n) is 0.661. The maximum absolute atomic E-state index is 10.0. The van der Waals surface area contributed by atoms with Gasteiger partial charge in [0.05, 0.1) is 0 Å². The van der Waals surface area contributed by atoms with E-state index in [1.165, 1.54) is 6.33 Å². The van der Waals surface area contributed by atoms with Crippen molar-refractivity contribution in [1.29, 1.82) is 0 Å². The second kappa shape index (κ2) is 5.59. The molecule has 0 saturated heterocycles. The minimum Gasteiger partial charge on any atom is -0.298 e. The van der Waals surface area contributed by atoms with Crippen molar-refractivity contribution in [2.24, 2.45) is 0 Å². The zero-order valence-corrected chi connectivity index (χ0v) is 6.79. The molecule has 0 spiro atoms. The van der Waals surface area contributed by atoms with Crippen molar-refractivity contribution in [3.63, 3.8) is 0 Å². The Labute approximate surface area is 74.8 Å². The lowest BCUT2D eigenvalue weighted by molar-refractivity contribution is 0.112. The highest BCUT2D eigenvalue weighted by atomic mass is 16.1. The largest absolute Gasteiger partial charge is 0.298 e. The summed E-state index contributed by atoms with van der Waals surface area (Å²) in [6.07, 6.45) is 2.17. The Bertz CT molecular complexity index is 302. The molecule has 0 fully saturated rings. The van der Waals surface area contributed by atoms with E-state index >= 15 is 0 Å². The van der Waals surface area contributed by atoms with Crippen LogP contribution in [0.5, 0.6) is 0 Å². The molecule has 5 nitrogen and oxygen atoms in total. The van der Waals surface area contributed by atoms with Crippen LogP contribution in [0.1, 0.15) is 10.4 Å². The van der Waals surface area contributed by atoms with Crippen molar-refractivity contribution < 1.29 is 4.79 Å². The first-order valence-electron chi connectivity index (χ1n) is 3.60. The Morgan fingerprint density at radius 2 is 2.00 bits per heavy atom. The molecule has 0 amide bonds. The molecule has 1 heterocycles. The molecule has 5 heteroatoms. The van der Waals surface area contributed by atoms with Crippen LogP contribution in [0, 0.1) is 0 Å². The minimum atomic E-state index is 0.729. The molecule has 1 N–H and O–H groups in total. The molecule has 0 aliphatic carbocycles. The molecule has 2 rings (SSSR count). The Balaban J connectivity index is 0.000000145. The number of nitrogens with one attached hydrogen (secondary N) is 1. The van der Waals surface area contributed by atoms with Crippen LogP contribution in [-0.4, -0.2) is 26.9 Å². The van der Waals surface area contributed by atoms with E-state index in [1.807, 2.05) is 18.2 Å². The number of benzene rings is 1. The summed E-state index contributed by atoms with van der Waals surface area (Å²) in [6, 6.07) is 9.10. The fourth-order valence-corrected chi connectivity index (χ4v) is 0.661. The number of tetrazole rings is 1. The number of nitrogens with zero attached hydrogens (tertiary/aromatic N) is 3. The van der Waals surface area contributed by atoms with E-state index in [0.717, 1.165) is 11.8 Å². The van der Waals surface area contributed by atoms with Crippen LogP contribution in [0.2, 0.25) is 0 Å². The van der Waals surface area contributed by atoms with Gasteiger partial charge in [0.1, 0.15) is 6.29 Å². The third kappa shape index (κ3) is 3.76. The van der Waals surface area contributed by atoms with Crippen molar-refractivity contribution in [3.05, 3.63) is 42.2 Å². The highest BCUT2D eigenvalue weighted by Crippen LogP contribution is 1.91. The first-order chi connectivity index (χ1) is 6.43. The van der Waals surface area contributed by atoms with Gasteiger partial charge in [0.25, 0.3) is 0 Å². The predicted octanol–water partition coefficient (Wildman–Crippen LogP) is 0.699. The number of carbonyl (C=O) groups excluding carboxylic acids is 1. The molecule has 0 aliphatic heterocycles. The molecule has 0 unspecified atom stereocenters. The second-order valence-corrected chi connectivity index (χ2v) is 2.09. The minimum absolute atomic E-state index is 0.729. The normalized spacial score (nSPS) is 8.31. The van der Waals surface area contributed by atoms with E-state index in [0.29, 0.717) is 0 Å². The molecule has 0 radical (unpaired) electrons. The highest BCUT2D eigenvalue weighted by Gasteiger charge is 1.79. The zero-order valence-electron chi connectivity index (χ0n) is 6.79. The number of hydrogen-bond acceptors (Lipinski definition) is 4. The summed E-state index contributed by atoms with van der Waals surface area (Å²) < 4.78 is 0. The van der Waals surface area contributed by atoms with Gasteiger partial charge in [-0.3, -0.25) is 4.79 Å². The maximum atomic E-state index is 10.0. The predicted molar refractivity (Wildman–Crippen MR) is 46.0 cm³/mol. The number of aromatic amines is 1. The number of hydrogen-bond donors (Lipinski definition) is 1. The van der Waals surface area contributed by atoms with Crippen molar-refractivity contribution in [2.75, 3.05) is 0 Å². The molecule has 13 heavy (non-hydrogen) atoms. The quantitative estimate of drug-likeness (QED) is 0.649. The van der Waals surface area contributed by atoms with E-state index in [4.69, 9.17) is 0 Å². The summed E-state index contributed by atoms with van der Waals surface area (Å²) in [5.41, 5.74) is 0.729. The van der Waals surface area contributed by atoms with Crippen molar-refractivity contribution in [2.45, 2.75) is 0 Å². The molecule has 66 valence electrons. The standard InChI is InChI=1S/C7H6O.CH2N4/c8-6-7-4-2-1-3-5-7;1-2-4-5-3-1/h1-6H;1H,(H,2,3,4,5). The third-order valence-electron chi connectivity index (χ3n) is 1.21. The average molecular weight is 176 g/mol. The SMILES string of the molecule is O=Cc1ccccc1.c1nn[nH]n1. The van der Waals surface area contributed by atoms with E-state index < -0.39 is 0 Å². The molecule has 1 aromatic heterocycles. The summed E-state index contributed by atoms with van der Waals surface area (Å²) in [6.45, 7) is 0. The number of aldehydes is 1. The van der Waals surface area contributed by atoms with Gasteiger partial charge in [-0.2, -0.15) is 5.21 Å². The fraction of sp³-hybridized carbons (Fsp3) is 0. The van der Waals surface area contributed by atoms with Gasteiger partial charge in [-0.1, -0.05) is 35.5 Å². The third-order valence-corrected chi connectivity index (χ3v) is 1.21. The Hall–Kier alpha value is -2.04. The van der Waals surface area contributed by atoms with Crippen LogP contribution in [0.3, 0.4) is 0 Å². The van der Waals surface area contributed by atoms with Crippen molar-refractivity contribution in [1.82, 2.24) is 20.6 Å². The van der Waals surface area contributed by atoms with Crippen LogP contribution < -0.4 is 0 Å². The van der Waals surface area contributed by atoms with Gasteiger partial charge in [-0.15, -0.1) is 10.2 Å². The first-order valence-corrected chi connectivity index (χ1v) is 3.60. The van der Waals surface area contributed by atoms with Crippen molar-refractivity contribution in [3.8, 4) is 0 Å². The molecule has 2 aromatic rings. The molecule has 0 aliphatic rings. The van der Waals surface area contributed by atoms with Crippen LogP contribution >= 0.6 is 0 Å². The van der Waals surface area contributed by atoms with Gasteiger partial charge in [0, 0.05) is 5.56 Å². The summed E-state index contributed by atoms with van der Waals surface area (Å²) in [5, 5.41) is 12.2. The smallest absolute Gasteiger partial charge is 0.161 e. The van der Waals surface area contributed by atoms with Crippen LogP contribution in [0.25, 0.3) is 0 Å². The lowest BCUT2D eigenvalue weighted by atomic mass is 10.2. The molecule has 1 aromatic carbocycles. The molecular weight excluding hydrogens is 168 g/mol. The first kappa shape index (κ1) is 9.05. The van der Waals surface area contributed by atoms with Crippen LogP contribution in [0.15, 0.2) is 36.7 Å². The Kier molecular flexibility index (Phi) is 3.89. The summed E-state index contributed by atoms with van der Waals surface area (Å²) in [7, 11) is 0. The van der Waals surface area contributed by atoms with Crippen LogP contribution in [0.4, 0.5) is 0 Å². The number of rotatable bonds is 1. The van der Waals surface area contributed by atoms with E-state index in [9.17, 15) is 4.79 Å². The average Bonchev–Trinajstić information content (AvgIpc) is 2.77. The monoisotopic (exact) mass is 176 g/mol. The van der Waals surface area contributed by atoms with Crippen LogP contribution in [-0.2, 0) is 0 Å². The Morgan fingerprint density at radius 3 is 2.31 bits per heavy atom. The summed E-state index contributed by atoms with van der Waals surface area (Å²) in [4.78, 5) is 10.0. The Morgan fingerprint density at radius 1 is 1.23 bits per heavy atom. The zero-order chi connectivity index (χ0) is 9.36. The van der Waals surface area contributed by atoms with Crippen molar-refractivity contribution >= 4 is 6.29 Å².